The lowest BCUT2D eigenvalue weighted by atomic mass is 9.84. The van der Waals surface area contributed by atoms with Crippen LogP contribution >= 0.6 is 0 Å². The van der Waals surface area contributed by atoms with Crippen LogP contribution in [0.25, 0.3) is 0 Å². The van der Waals surface area contributed by atoms with Gasteiger partial charge in [-0.15, -0.1) is 0 Å². The smallest absolute Gasteiger partial charge is 0.254 e. The van der Waals surface area contributed by atoms with Gasteiger partial charge in [0, 0.05) is 30.3 Å². The highest BCUT2D eigenvalue weighted by Crippen LogP contribution is 2.38. The average molecular weight is 492 g/mol. The summed E-state index contributed by atoms with van der Waals surface area (Å²) in [6.45, 7) is 8.74. The van der Waals surface area contributed by atoms with Gasteiger partial charge in [0.15, 0.2) is 5.78 Å². The first-order valence-electron chi connectivity index (χ1n) is 11.8. The van der Waals surface area contributed by atoms with E-state index in [0.717, 1.165) is 11.1 Å². The Morgan fingerprint density at radius 2 is 1.94 bits per heavy atom. The second-order valence-corrected chi connectivity index (χ2v) is 9.51. The molecule has 0 fully saturated rings. The molecule has 190 valence electrons. The topological polar surface area (TPSA) is 128 Å². The first-order chi connectivity index (χ1) is 17.0. The molecule has 0 bridgehead atoms. The average Bonchev–Trinajstić information content (AvgIpc) is 3.14. The first-order valence-corrected chi connectivity index (χ1v) is 11.8. The second kappa shape index (κ2) is 10.7. The number of benzene rings is 2. The molecule has 0 saturated heterocycles. The van der Waals surface area contributed by atoms with E-state index in [1.54, 1.807) is 37.3 Å². The Hall–Kier alpha value is -4.06. The van der Waals surface area contributed by atoms with Crippen molar-refractivity contribution in [2.75, 3.05) is 39.2 Å². The number of ketones is 1. The van der Waals surface area contributed by atoms with Crippen LogP contribution < -0.4 is 20.1 Å². The maximum atomic E-state index is 13.4. The number of hydrogen-bond acceptors (Lipinski definition) is 7. The number of carbonyl (C=O) groups is 2. The number of methoxy groups -OCH3 is 1. The van der Waals surface area contributed by atoms with Gasteiger partial charge in [-0.2, -0.15) is 5.26 Å². The van der Waals surface area contributed by atoms with Crippen LogP contribution in [-0.4, -0.2) is 56.3 Å². The standard InChI is InChI=1S/C27H33N5O4/c1-7-36-23-12-17-14-32(25(29)18(17)13-19(23)26(34)30-5)15-22(33)16-10-20(27(2,3)4)24(35-6)21(11-16)31-9-8-28/h10-13,29,31H,7,9,14-15H2,1-6H3,(H,30,34). The van der Waals surface area contributed by atoms with Crippen LogP contribution in [0.5, 0.6) is 11.5 Å². The molecule has 1 aliphatic heterocycles. The van der Waals surface area contributed by atoms with Gasteiger partial charge < -0.3 is 25.0 Å². The fourth-order valence-electron chi connectivity index (χ4n) is 4.25. The molecule has 0 atom stereocenters. The number of amides is 1. The van der Waals surface area contributed by atoms with Crippen molar-refractivity contribution in [3.63, 3.8) is 0 Å². The van der Waals surface area contributed by atoms with E-state index in [1.165, 1.54) is 0 Å². The Kier molecular flexibility index (Phi) is 7.88. The zero-order valence-electron chi connectivity index (χ0n) is 21.7. The van der Waals surface area contributed by atoms with Gasteiger partial charge in [-0.1, -0.05) is 20.8 Å². The largest absolute Gasteiger partial charge is 0.494 e. The Balaban J connectivity index is 1.94. The quantitative estimate of drug-likeness (QED) is 0.360. The molecule has 0 aromatic heterocycles. The van der Waals surface area contributed by atoms with Crippen LogP contribution in [0.15, 0.2) is 24.3 Å². The molecule has 2 aromatic rings. The number of amidine groups is 1. The fourth-order valence-corrected chi connectivity index (χ4v) is 4.25. The number of nitrogens with zero attached hydrogens (tertiary/aromatic N) is 2. The van der Waals surface area contributed by atoms with Crippen molar-refractivity contribution >= 4 is 23.2 Å². The van der Waals surface area contributed by atoms with Crippen LogP contribution in [0.4, 0.5) is 5.69 Å². The van der Waals surface area contributed by atoms with E-state index in [9.17, 15) is 9.59 Å². The van der Waals surface area contributed by atoms with Gasteiger partial charge in [-0.05, 0) is 42.2 Å². The molecule has 0 radical (unpaired) electrons. The third-order valence-corrected chi connectivity index (χ3v) is 6.02. The summed E-state index contributed by atoms with van der Waals surface area (Å²) in [4.78, 5) is 27.5. The predicted octanol–water partition coefficient (Wildman–Crippen LogP) is 3.71. The number of nitriles is 1. The molecular weight excluding hydrogens is 458 g/mol. The molecule has 1 heterocycles. The van der Waals surface area contributed by atoms with Crippen LogP contribution in [0, 0.1) is 16.7 Å². The molecule has 0 spiro atoms. The van der Waals surface area contributed by atoms with Gasteiger partial charge in [0.2, 0.25) is 0 Å². The summed E-state index contributed by atoms with van der Waals surface area (Å²) in [5.74, 6) is 0.765. The number of nitrogens with one attached hydrogen (secondary N) is 3. The van der Waals surface area contributed by atoms with E-state index in [1.807, 2.05) is 33.8 Å². The minimum absolute atomic E-state index is 0.0135. The summed E-state index contributed by atoms with van der Waals surface area (Å²) in [5, 5.41) is 23.4. The summed E-state index contributed by atoms with van der Waals surface area (Å²) in [5.41, 5.74) is 3.35. The Labute approximate surface area is 211 Å². The molecule has 36 heavy (non-hydrogen) atoms. The molecule has 0 unspecified atom stereocenters. The maximum Gasteiger partial charge on any atom is 0.254 e. The predicted molar refractivity (Wildman–Crippen MR) is 138 cm³/mol. The Morgan fingerprint density at radius 3 is 2.53 bits per heavy atom. The Morgan fingerprint density at radius 1 is 1.22 bits per heavy atom. The second-order valence-electron chi connectivity index (χ2n) is 9.51. The third-order valence-electron chi connectivity index (χ3n) is 6.02. The molecule has 2 aromatic carbocycles. The van der Waals surface area contributed by atoms with Crippen molar-refractivity contribution < 1.29 is 19.1 Å². The van der Waals surface area contributed by atoms with Crippen LogP contribution in [0.1, 0.15) is 65.1 Å². The van der Waals surface area contributed by atoms with Gasteiger partial charge in [0.25, 0.3) is 5.91 Å². The highest BCUT2D eigenvalue weighted by Gasteiger charge is 2.30. The number of carbonyl (C=O) groups excluding carboxylic acids is 2. The number of anilines is 1. The zero-order chi connectivity index (χ0) is 26.6. The first kappa shape index (κ1) is 26.5. The molecule has 0 aliphatic carbocycles. The van der Waals surface area contributed by atoms with E-state index in [-0.39, 0.29) is 36.0 Å². The van der Waals surface area contributed by atoms with Crippen molar-refractivity contribution in [1.29, 1.82) is 10.7 Å². The van der Waals surface area contributed by atoms with Crippen molar-refractivity contribution in [2.24, 2.45) is 0 Å². The monoisotopic (exact) mass is 491 g/mol. The van der Waals surface area contributed by atoms with Gasteiger partial charge in [0.05, 0.1) is 37.6 Å². The van der Waals surface area contributed by atoms with E-state index in [4.69, 9.17) is 20.1 Å². The molecule has 9 heteroatoms. The van der Waals surface area contributed by atoms with Gasteiger partial charge in [-0.25, -0.2) is 0 Å². The van der Waals surface area contributed by atoms with Crippen molar-refractivity contribution in [3.05, 3.63) is 52.1 Å². The number of ether oxygens (including phenoxy) is 2. The van der Waals surface area contributed by atoms with Crippen LogP contribution in [0.3, 0.4) is 0 Å². The molecule has 0 saturated carbocycles. The molecule has 1 amide bonds. The number of fused-ring (bicyclic) bond motifs is 1. The summed E-state index contributed by atoms with van der Waals surface area (Å²) in [6.07, 6.45) is 0. The van der Waals surface area contributed by atoms with Gasteiger partial charge >= 0.3 is 0 Å². The van der Waals surface area contributed by atoms with Crippen molar-refractivity contribution in [3.8, 4) is 17.6 Å². The van der Waals surface area contributed by atoms with Crippen molar-refractivity contribution in [1.82, 2.24) is 10.2 Å². The highest BCUT2D eigenvalue weighted by molar-refractivity contribution is 6.08. The summed E-state index contributed by atoms with van der Waals surface area (Å²) < 4.78 is 11.3. The molecule has 3 N–H and O–H groups in total. The SMILES string of the molecule is CCOc1cc2c(cc1C(=O)NC)C(=N)N(CC(=O)c1cc(NCC#N)c(OC)c(C(C)(C)C)c1)C2. The lowest BCUT2D eigenvalue weighted by molar-refractivity contribution is 0.0953. The molecule has 3 rings (SSSR count). The van der Waals surface area contributed by atoms with Crippen LogP contribution in [-0.2, 0) is 12.0 Å². The number of hydrogen-bond donors (Lipinski definition) is 3. The summed E-state index contributed by atoms with van der Waals surface area (Å²) >= 11 is 0. The lowest BCUT2D eigenvalue weighted by Gasteiger charge is -2.25. The highest BCUT2D eigenvalue weighted by atomic mass is 16.5. The minimum Gasteiger partial charge on any atom is -0.494 e. The Bertz CT molecular complexity index is 1240. The lowest BCUT2D eigenvalue weighted by Crippen LogP contribution is -2.30. The van der Waals surface area contributed by atoms with Gasteiger partial charge in [0.1, 0.15) is 23.9 Å². The maximum absolute atomic E-state index is 13.4. The third kappa shape index (κ3) is 5.28. The van der Waals surface area contributed by atoms with E-state index in [0.29, 0.717) is 47.0 Å². The number of rotatable bonds is 9. The van der Waals surface area contributed by atoms with E-state index >= 15 is 0 Å². The van der Waals surface area contributed by atoms with Crippen LogP contribution in [0.2, 0.25) is 0 Å². The summed E-state index contributed by atoms with van der Waals surface area (Å²) in [6, 6.07) is 9.00. The normalized spacial score (nSPS) is 12.6. The molecular formula is C27H33N5O4. The van der Waals surface area contributed by atoms with E-state index < -0.39 is 0 Å². The van der Waals surface area contributed by atoms with Gasteiger partial charge in [-0.3, -0.25) is 15.0 Å². The number of Topliss-reactive ketones (excluding diaryl/α,β-unsaturated/α-hetero) is 1. The fraction of sp³-hybridized carbons (Fsp3) is 0.407. The molecule has 1 aliphatic rings. The summed E-state index contributed by atoms with van der Waals surface area (Å²) in [7, 11) is 3.11. The zero-order valence-corrected chi connectivity index (χ0v) is 21.7. The van der Waals surface area contributed by atoms with E-state index in [2.05, 4.69) is 16.7 Å². The molecule has 9 nitrogen and oxygen atoms in total. The van der Waals surface area contributed by atoms with Crippen molar-refractivity contribution in [2.45, 2.75) is 39.7 Å². The minimum atomic E-state index is -0.312.